The normalized spacial score (nSPS) is 11.3. The summed E-state index contributed by atoms with van der Waals surface area (Å²) in [5, 5.41) is 7.67. The van der Waals surface area contributed by atoms with E-state index < -0.39 is 0 Å². The van der Waals surface area contributed by atoms with E-state index in [1.165, 1.54) is 4.88 Å². The zero-order chi connectivity index (χ0) is 16.5. The number of hydrogen-bond acceptors (Lipinski definition) is 4. The molecule has 1 heterocycles. The minimum absolute atomic E-state index is 0.674. The fraction of sp³-hybridized carbons (Fsp3) is 0.412. The lowest BCUT2D eigenvalue weighted by Gasteiger charge is -2.11. The van der Waals surface area contributed by atoms with Gasteiger partial charge in [0.1, 0.15) is 10.8 Å². The van der Waals surface area contributed by atoms with E-state index in [1.54, 1.807) is 18.4 Å². The van der Waals surface area contributed by atoms with Crippen molar-refractivity contribution in [3.05, 3.63) is 45.9 Å². The Balaban J connectivity index is 1.84. The number of thiazole rings is 1. The van der Waals surface area contributed by atoms with Crippen LogP contribution in [-0.4, -0.2) is 24.6 Å². The standard InChI is InChI=1S/C17H24N4OS/c1-4-15-11-19-16(23-15)12-21-17(18-3)20-10-13-7-6-8-14(9-13)22-5-2/h6-9,11H,4-5,10,12H2,1-3H3,(H2,18,20,21). The average molecular weight is 332 g/mol. The summed E-state index contributed by atoms with van der Waals surface area (Å²) in [4.78, 5) is 9.95. The number of nitrogens with zero attached hydrogens (tertiary/aromatic N) is 2. The van der Waals surface area contributed by atoms with E-state index >= 15 is 0 Å². The van der Waals surface area contributed by atoms with Gasteiger partial charge in [-0.05, 0) is 31.0 Å². The van der Waals surface area contributed by atoms with Gasteiger partial charge >= 0.3 is 0 Å². The van der Waals surface area contributed by atoms with Crippen molar-refractivity contribution < 1.29 is 4.74 Å². The van der Waals surface area contributed by atoms with Gasteiger partial charge in [-0.2, -0.15) is 0 Å². The summed E-state index contributed by atoms with van der Waals surface area (Å²) in [6.07, 6.45) is 2.97. The van der Waals surface area contributed by atoms with E-state index in [0.29, 0.717) is 19.7 Å². The van der Waals surface area contributed by atoms with Crippen molar-refractivity contribution in [3.8, 4) is 5.75 Å². The van der Waals surface area contributed by atoms with Gasteiger partial charge in [0.25, 0.3) is 0 Å². The molecule has 0 atom stereocenters. The van der Waals surface area contributed by atoms with Gasteiger partial charge in [0, 0.05) is 24.7 Å². The number of aryl methyl sites for hydroxylation is 1. The molecule has 0 radical (unpaired) electrons. The van der Waals surface area contributed by atoms with Gasteiger partial charge in [-0.3, -0.25) is 4.99 Å². The van der Waals surface area contributed by atoms with E-state index in [-0.39, 0.29) is 0 Å². The van der Waals surface area contributed by atoms with Crippen LogP contribution in [0.15, 0.2) is 35.5 Å². The predicted octanol–water partition coefficient (Wildman–Crippen LogP) is 2.97. The lowest BCUT2D eigenvalue weighted by Crippen LogP contribution is -2.36. The molecule has 0 saturated carbocycles. The second kappa shape index (κ2) is 9.15. The largest absolute Gasteiger partial charge is 0.494 e. The number of hydrogen-bond donors (Lipinski definition) is 2. The molecule has 0 unspecified atom stereocenters. The number of benzene rings is 1. The van der Waals surface area contributed by atoms with Crippen LogP contribution in [-0.2, 0) is 19.5 Å². The zero-order valence-electron chi connectivity index (χ0n) is 13.9. The zero-order valence-corrected chi connectivity index (χ0v) is 14.7. The van der Waals surface area contributed by atoms with E-state index in [4.69, 9.17) is 4.74 Å². The summed E-state index contributed by atoms with van der Waals surface area (Å²) in [7, 11) is 1.77. The van der Waals surface area contributed by atoms with Crippen molar-refractivity contribution in [2.24, 2.45) is 4.99 Å². The maximum atomic E-state index is 5.52. The second-order valence-corrected chi connectivity index (χ2v) is 6.13. The van der Waals surface area contributed by atoms with Gasteiger partial charge < -0.3 is 15.4 Å². The summed E-state index contributed by atoms with van der Waals surface area (Å²) in [6, 6.07) is 8.07. The van der Waals surface area contributed by atoms with E-state index in [0.717, 1.165) is 28.7 Å². The number of nitrogens with one attached hydrogen (secondary N) is 2. The number of aliphatic imine (C=N–C) groups is 1. The maximum Gasteiger partial charge on any atom is 0.191 e. The molecular weight excluding hydrogens is 308 g/mol. The Hall–Kier alpha value is -2.08. The highest BCUT2D eigenvalue weighted by molar-refractivity contribution is 7.11. The molecule has 0 saturated heterocycles. The van der Waals surface area contributed by atoms with Gasteiger partial charge in [-0.1, -0.05) is 19.1 Å². The number of rotatable bonds is 7. The lowest BCUT2D eigenvalue weighted by atomic mass is 10.2. The molecule has 5 nitrogen and oxygen atoms in total. The smallest absolute Gasteiger partial charge is 0.191 e. The van der Waals surface area contributed by atoms with Crippen molar-refractivity contribution in [2.45, 2.75) is 33.4 Å². The molecule has 23 heavy (non-hydrogen) atoms. The quantitative estimate of drug-likeness (QED) is 0.604. The van der Waals surface area contributed by atoms with Gasteiger partial charge in [-0.25, -0.2) is 4.98 Å². The summed E-state index contributed by atoms with van der Waals surface area (Å²) >= 11 is 1.73. The molecule has 0 bridgehead atoms. The Morgan fingerprint density at radius 3 is 2.78 bits per heavy atom. The minimum Gasteiger partial charge on any atom is -0.494 e. The van der Waals surface area contributed by atoms with Crippen LogP contribution in [0.2, 0.25) is 0 Å². The van der Waals surface area contributed by atoms with Crippen LogP contribution in [0.1, 0.15) is 29.3 Å². The molecule has 0 fully saturated rings. The van der Waals surface area contributed by atoms with E-state index in [9.17, 15) is 0 Å². The SMILES string of the molecule is CCOc1cccc(CNC(=NC)NCc2ncc(CC)s2)c1. The fourth-order valence-corrected chi connectivity index (χ4v) is 2.87. The van der Waals surface area contributed by atoms with Crippen LogP contribution in [0.25, 0.3) is 0 Å². The first-order valence-corrected chi connectivity index (χ1v) is 8.66. The van der Waals surface area contributed by atoms with E-state index in [2.05, 4.69) is 33.6 Å². The molecule has 1 aromatic carbocycles. The third kappa shape index (κ3) is 5.56. The molecule has 2 rings (SSSR count). The highest BCUT2D eigenvalue weighted by Gasteiger charge is 2.03. The third-order valence-corrected chi connectivity index (χ3v) is 4.39. The van der Waals surface area contributed by atoms with Crippen LogP contribution in [0.4, 0.5) is 0 Å². The molecule has 0 aliphatic rings. The van der Waals surface area contributed by atoms with Crippen LogP contribution in [0, 0.1) is 0 Å². The Bertz CT molecular complexity index is 639. The highest BCUT2D eigenvalue weighted by atomic mass is 32.1. The van der Waals surface area contributed by atoms with Crippen molar-refractivity contribution in [2.75, 3.05) is 13.7 Å². The Morgan fingerprint density at radius 2 is 2.09 bits per heavy atom. The summed E-state index contributed by atoms with van der Waals surface area (Å²) in [6.45, 7) is 6.18. The maximum absolute atomic E-state index is 5.52. The van der Waals surface area contributed by atoms with Crippen molar-refractivity contribution in [1.29, 1.82) is 0 Å². The van der Waals surface area contributed by atoms with Crippen LogP contribution in [0.5, 0.6) is 5.75 Å². The Morgan fingerprint density at radius 1 is 1.26 bits per heavy atom. The first-order valence-electron chi connectivity index (χ1n) is 7.85. The lowest BCUT2D eigenvalue weighted by molar-refractivity contribution is 0.340. The van der Waals surface area contributed by atoms with E-state index in [1.807, 2.05) is 31.3 Å². The molecule has 124 valence electrons. The van der Waals surface area contributed by atoms with Gasteiger partial charge in [0.05, 0.1) is 13.2 Å². The molecule has 0 aliphatic heterocycles. The first-order chi connectivity index (χ1) is 11.2. The minimum atomic E-state index is 0.674. The highest BCUT2D eigenvalue weighted by Crippen LogP contribution is 2.14. The Kier molecular flexibility index (Phi) is 6.87. The fourth-order valence-electron chi connectivity index (χ4n) is 2.07. The summed E-state index contributed by atoms with van der Waals surface area (Å²) < 4.78 is 5.52. The molecule has 0 aliphatic carbocycles. The summed E-state index contributed by atoms with van der Waals surface area (Å²) in [5.41, 5.74) is 1.15. The molecule has 2 aromatic rings. The number of guanidine groups is 1. The number of ether oxygens (including phenoxy) is 1. The molecule has 2 N–H and O–H groups in total. The molecule has 0 amide bonds. The van der Waals surface area contributed by atoms with Crippen LogP contribution in [0.3, 0.4) is 0 Å². The first kappa shape index (κ1) is 17.3. The predicted molar refractivity (Wildman–Crippen MR) is 96.1 cm³/mol. The van der Waals surface area contributed by atoms with Crippen molar-refractivity contribution in [3.63, 3.8) is 0 Å². The van der Waals surface area contributed by atoms with Crippen molar-refractivity contribution in [1.82, 2.24) is 15.6 Å². The van der Waals surface area contributed by atoms with Crippen LogP contribution >= 0.6 is 11.3 Å². The van der Waals surface area contributed by atoms with Gasteiger partial charge in [-0.15, -0.1) is 11.3 Å². The monoisotopic (exact) mass is 332 g/mol. The molecule has 1 aromatic heterocycles. The second-order valence-electron chi connectivity index (χ2n) is 4.93. The van der Waals surface area contributed by atoms with Crippen molar-refractivity contribution >= 4 is 17.3 Å². The molecule has 6 heteroatoms. The molecule has 0 spiro atoms. The van der Waals surface area contributed by atoms with Gasteiger partial charge in [0.15, 0.2) is 5.96 Å². The molecular formula is C17H24N4OS. The number of aromatic nitrogens is 1. The summed E-state index contributed by atoms with van der Waals surface area (Å²) in [5.74, 6) is 1.66. The van der Waals surface area contributed by atoms with Gasteiger partial charge in [0.2, 0.25) is 0 Å². The Labute approximate surface area is 141 Å². The van der Waals surface area contributed by atoms with Crippen LogP contribution < -0.4 is 15.4 Å². The average Bonchev–Trinajstić information content (AvgIpc) is 3.04. The third-order valence-electron chi connectivity index (χ3n) is 3.25. The topological polar surface area (TPSA) is 58.5 Å².